The molecule has 124 valence electrons. The molecule has 0 atom stereocenters. The number of amides is 1. The van der Waals surface area contributed by atoms with Gasteiger partial charge in [-0.25, -0.2) is 0 Å². The second-order valence-corrected chi connectivity index (χ2v) is 7.13. The Bertz CT molecular complexity index is 1020. The Morgan fingerprint density at radius 3 is 2.44 bits per heavy atom. The fourth-order valence-corrected chi connectivity index (χ4v) is 3.89. The molecule has 4 aromatic rings. The van der Waals surface area contributed by atoms with Crippen LogP contribution in [0.3, 0.4) is 0 Å². The highest BCUT2D eigenvalue weighted by molar-refractivity contribution is 7.19. The smallest absolute Gasteiger partial charge is 0.256 e. The van der Waals surface area contributed by atoms with Crippen LogP contribution in [0.2, 0.25) is 0 Å². The largest absolute Gasteiger partial charge is 0.454 e. The topological polar surface area (TPSA) is 42.2 Å². The summed E-state index contributed by atoms with van der Waals surface area (Å²) in [6.45, 7) is 2.46. The van der Waals surface area contributed by atoms with Crippen molar-refractivity contribution in [3.8, 4) is 11.3 Å². The molecular formula is C21H17NO2S. The van der Waals surface area contributed by atoms with Crippen LogP contribution < -0.4 is 5.32 Å². The maximum absolute atomic E-state index is 12.7. The van der Waals surface area contributed by atoms with Gasteiger partial charge in [0.25, 0.3) is 5.91 Å². The van der Waals surface area contributed by atoms with Crippen LogP contribution in [0, 0.1) is 6.92 Å². The average molecular weight is 347 g/mol. The van der Waals surface area contributed by atoms with Gasteiger partial charge in [0.2, 0.25) is 0 Å². The van der Waals surface area contributed by atoms with Gasteiger partial charge >= 0.3 is 0 Å². The van der Waals surface area contributed by atoms with Gasteiger partial charge in [0.1, 0.15) is 5.76 Å². The van der Waals surface area contributed by atoms with E-state index in [4.69, 9.17) is 4.42 Å². The molecule has 25 heavy (non-hydrogen) atoms. The van der Waals surface area contributed by atoms with Crippen molar-refractivity contribution in [3.05, 3.63) is 82.7 Å². The lowest BCUT2D eigenvalue weighted by molar-refractivity contribution is 0.0951. The van der Waals surface area contributed by atoms with Crippen LogP contribution in [0.1, 0.15) is 20.8 Å². The Hall–Kier alpha value is -2.85. The quantitative estimate of drug-likeness (QED) is 0.537. The minimum absolute atomic E-state index is 0.0958. The number of hydrogen-bond donors (Lipinski definition) is 1. The minimum atomic E-state index is -0.0958. The molecule has 1 amide bonds. The van der Waals surface area contributed by atoms with Gasteiger partial charge in [-0.15, -0.1) is 11.3 Å². The number of thiophene rings is 1. The molecule has 4 rings (SSSR count). The second-order valence-electron chi connectivity index (χ2n) is 5.87. The standard InChI is InChI=1S/C21H17NO2S/c1-14-19(21(23)22-13-15-8-4-2-5-9-15)20-18(25-14)12-17(24-20)16-10-6-3-7-11-16/h2-12H,13H2,1H3,(H,22,23). The summed E-state index contributed by atoms with van der Waals surface area (Å²) in [6, 6.07) is 21.8. The first kappa shape index (κ1) is 15.7. The number of nitrogens with one attached hydrogen (secondary N) is 1. The molecule has 0 bridgehead atoms. The van der Waals surface area contributed by atoms with Crippen molar-refractivity contribution in [2.24, 2.45) is 0 Å². The zero-order valence-electron chi connectivity index (χ0n) is 13.8. The Balaban J connectivity index is 1.63. The first-order chi connectivity index (χ1) is 12.2. The summed E-state index contributed by atoms with van der Waals surface area (Å²) in [7, 11) is 0. The van der Waals surface area contributed by atoms with E-state index in [1.165, 1.54) is 0 Å². The van der Waals surface area contributed by atoms with Gasteiger partial charge in [0.15, 0.2) is 5.58 Å². The lowest BCUT2D eigenvalue weighted by atomic mass is 10.2. The summed E-state index contributed by atoms with van der Waals surface area (Å²) in [6.07, 6.45) is 0. The maximum atomic E-state index is 12.7. The van der Waals surface area contributed by atoms with Crippen molar-refractivity contribution in [1.82, 2.24) is 5.32 Å². The zero-order valence-corrected chi connectivity index (χ0v) is 14.6. The Morgan fingerprint density at radius 2 is 1.72 bits per heavy atom. The molecule has 0 radical (unpaired) electrons. The molecule has 0 aliphatic rings. The van der Waals surface area contributed by atoms with Gasteiger partial charge in [-0.05, 0) is 12.5 Å². The molecule has 0 saturated carbocycles. The predicted molar refractivity (Wildman–Crippen MR) is 102 cm³/mol. The van der Waals surface area contributed by atoms with E-state index in [0.717, 1.165) is 26.5 Å². The summed E-state index contributed by atoms with van der Waals surface area (Å²) in [4.78, 5) is 13.7. The van der Waals surface area contributed by atoms with Crippen molar-refractivity contribution in [2.75, 3.05) is 0 Å². The van der Waals surface area contributed by atoms with E-state index < -0.39 is 0 Å². The zero-order chi connectivity index (χ0) is 17.2. The number of fused-ring (bicyclic) bond motifs is 1. The Labute approximate surface area is 149 Å². The molecule has 4 heteroatoms. The van der Waals surface area contributed by atoms with E-state index in [0.29, 0.717) is 17.7 Å². The monoisotopic (exact) mass is 347 g/mol. The van der Waals surface area contributed by atoms with E-state index in [2.05, 4.69) is 5.32 Å². The van der Waals surface area contributed by atoms with Crippen molar-refractivity contribution in [1.29, 1.82) is 0 Å². The average Bonchev–Trinajstić information content (AvgIpc) is 3.18. The van der Waals surface area contributed by atoms with Gasteiger partial charge < -0.3 is 9.73 Å². The number of hydrogen-bond acceptors (Lipinski definition) is 3. The normalized spacial score (nSPS) is 10.9. The lowest BCUT2D eigenvalue weighted by Crippen LogP contribution is -2.23. The molecule has 0 saturated heterocycles. The first-order valence-electron chi connectivity index (χ1n) is 8.13. The third-order valence-electron chi connectivity index (χ3n) is 4.12. The maximum Gasteiger partial charge on any atom is 0.256 e. The van der Waals surface area contributed by atoms with E-state index in [-0.39, 0.29) is 5.91 Å². The van der Waals surface area contributed by atoms with Gasteiger partial charge in [-0.2, -0.15) is 0 Å². The van der Waals surface area contributed by atoms with E-state index in [1.807, 2.05) is 73.7 Å². The number of benzene rings is 2. The van der Waals surface area contributed by atoms with Crippen molar-refractivity contribution in [3.63, 3.8) is 0 Å². The number of aryl methyl sites for hydroxylation is 1. The fraction of sp³-hybridized carbons (Fsp3) is 0.0952. The van der Waals surface area contributed by atoms with Crippen LogP contribution in [0.25, 0.3) is 21.6 Å². The van der Waals surface area contributed by atoms with E-state index in [9.17, 15) is 4.79 Å². The molecule has 0 unspecified atom stereocenters. The highest BCUT2D eigenvalue weighted by Gasteiger charge is 2.21. The SMILES string of the molecule is Cc1sc2cc(-c3ccccc3)oc2c1C(=O)NCc1ccccc1. The third kappa shape index (κ3) is 3.08. The summed E-state index contributed by atoms with van der Waals surface area (Å²) in [5.41, 5.74) is 3.40. The van der Waals surface area contributed by atoms with Crippen molar-refractivity contribution in [2.45, 2.75) is 13.5 Å². The van der Waals surface area contributed by atoms with Crippen LogP contribution in [-0.2, 0) is 6.54 Å². The molecule has 3 nitrogen and oxygen atoms in total. The van der Waals surface area contributed by atoms with Gasteiger partial charge in [-0.3, -0.25) is 4.79 Å². The molecule has 0 aliphatic heterocycles. The van der Waals surface area contributed by atoms with Gasteiger partial charge in [0, 0.05) is 23.1 Å². The molecule has 2 aromatic heterocycles. The Morgan fingerprint density at radius 1 is 1.04 bits per heavy atom. The van der Waals surface area contributed by atoms with Crippen molar-refractivity contribution < 1.29 is 9.21 Å². The third-order valence-corrected chi connectivity index (χ3v) is 5.15. The molecule has 2 aromatic carbocycles. The minimum Gasteiger partial charge on any atom is -0.454 e. The summed E-state index contributed by atoms with van der Waals surface area (Å²) < 4.78 is 7.03. The predicted octanol–water partition coefficient (Wildman–Crippen LogP) is 5.40. The molecule has 0 spiro atoms. The van der Waals surface area contributed by atoms with E-state index in [1.54, 1.807) is 11.3 Å². The van der Waals surface area contributed by atoms with Crippen LogP contribution in [0.5, 0.6) is 0 Å². The Kier molecular flexibility index (Phi) is 4.12. The molecule has 2 heterocycles. The van der Waals surface area contributed by atoms with Crippen LogP contribution in [0.15, 0.2) is 71.1 Å². The number of rotatable bonds is 4. The molecule has 1 N–H and O–H groups in total. The highest BCUT2D eigenvalue weighted by Crippen LogP contribution is 2.36. The number of carbonyl (C=O) groups is 1. The lowest BCUT2D eigenvalue weighted by Gasteiger charge is -2.05. The van der Waals surface area contributed by atoms with E-state index >= 15 is 0 Å². The number of furan rings is 1. The van der Waals surface area contributed by atoms with Gasteiger partial charge in [-0.1, -0.05) is 60.7 Å². The van der Waals surface area contributed by atoms with Crippen LogP contribution in [-0.4, -0.2) is 5.91 Å². The van der Waals surface area contributed by atoms with Crippen molar-refractivity contribution >= 4 is 27.5 Å². The first-order valence-corrected chi connectivity index (χ1v) is 8.94. The van der Waals surface area contributed by atoms with Gasteiger partial charge in [0.05, 0.1) is 10.3 Å². The second kappa shape index (κ2) is 6.57. The molecular weight excluding hydrogens is 330 g/mol. The van der Waals surface area contributed by atoms with Crippen LogP contribution in [0.4, 0.5) is 0 Å². The molecule has 0 aliphatic carbocycles. The number of carbonyl (C=O) groups excluding carboxylic acids is 1. The summed E-state index contributed by atoms with van der Waals surface area (Å²) >= 11 is 1.59. The van der Waals surface area contributed by atoms with Crippen LogP contribution >= 0.6 is 11.3 Å². The molecule has 0 fully saturated rings. The highest BCUT2D eigenvalue weighted by atomic mass is 32.1. The summed E-state index contributed by atoms with van der Waals surface area (Å²) in [5.74, 6) is 0.695. The summed E-state index contributed by atoms with van der Waals surface area (Å²) in [5, 5.41) is 2.99. The fourth-order valence-electron chi connectivity index (χ4n) is 2.87.